The van der Waals surface area contributed by atoms with Crippen LogP contribution in [-0.4, -0.2) is 22.7 Å². The maximum atomic E-state index is 10.9. The van der Waals surface area contributed by atoms with Gasteiger partial charge in [-0.05, 0) is 44.9 Å². The summed E-state index contributed by atoms with van der Waals surface area (Å²) >= 11 is 0. The van der Waals surface area contributed by atoms with E-state index in [0.29, 0.717) is 0 Å². The minimum absolute atomic E-state index is 0.253. The molecule has 0 aliphatic carbocycles. The van der Waals surface area contributed by atoms with Crippen LogP contribution in [0.25, 0.3) is 0 Å². The van der Waals surface area contributed by atoms with Crippen molar-refractivity contribution < 1.29 is 14.6 Å². The summed E-state index contributed by atoms with van der Waals surface area (Å²) in [5, 5.41) is 8.97. The van der Waals surface area contributed by atoms with E-state index in [1.54, 1.807) is 0 Å². The number of aryl methyl sites for hydroxylation is 1. The minimum atomic E-state index is -1.27. The topological polar surface area (TPSA) is 72.5 Å². The lowest BCUT2D eigenvalue weighted by atomic mass is 9.96. The Hall–Kier alpha value is -1.55. The van der Waals surface area contributed by atoms with Crippen molar-refractivity contribution in [3.05, 3.63) is 29.3 Å². The van der Waals surface area contributed by atoms with Gasteiger partial charge in [0.05, 0.1) is 6.10 Å². The van der Waals surface area contributed by atoms with Gasteiger partial charge < -0.3 is 15.6 Å². The molecule has 0 radical (unpaired) electrons. The molecule has 18 heavy (non-hydrogen) atoms. The Morgan fingerprint density at radius 3 is 2.67 bits per heavy atom. The molecule has 0 aromatic heterocycles. The molecule has 0 aliphatic rings. The highest BCUT2D eigenvalue weighted by Crippen LogP contribution is 2.23. The largest absolute Gasteiger partial charge is 0.490 e. The Labute approximate surface area is 108 Å². The van der Waals surface area contributed by atoms with Gasteiger partial charge in [-0.15, -0.1) is 0 Å². The number of carboxylic acids is 1. The number of carbonyl (C=O) groups is 1. The predicted molar refractivity (Wildman–Crippen MR) is 70.9 cm³/mol. The first kappa shape index (κ1) is 14.5. The Bertz CT molecular complexity index is 441. The predicted octanol–water partition coefficient (Wildman–Crippen LogP) is 2.26. The van der Waals surface area contributed by atoms with Gasteiger partial charge in [0.2, 0.25) is 0 Å². The smallest absolute Gasteiger partial charge is 0.323 e. The summed E-state index contributed by atoms with van der Waals surface area (Å²) in [6.45, 7) is 7.32. The number of hydrogen-bond acceptors (Lipinski definition) is 3. The van der Waals surface area contributed by atoms with E-state index in [2.05, 4.69) is 0 Å². The number of carboxylic acid groups (broad SMARTS) is 1. The SMILES string of the molecule is Cc1cccc(OC(C)CC(C)(N)C(=O)O)c1C. The normalized spacial score (nSPS) is 15.8. The van der Waals surface area contributed by atoms with E-state index in [-0.39, 0.29) is 12.5 Å². The summed E-state index contributed by atoms with van der Waals surface area (Å²) in [6.07, 6.45) is 0.00649. The maximum Gasteiger partial charge on any atom is 0.323 e. The van der Waals surface area contributed by atoms with Crippen LogP contribution in [0.4, 0.5) is 0 Å². The first-order chi connectivity index (χ1) is 8.24. The van der Waals surface area contributed by atoms with Crippen LogP contribution in [0.15, 0.2) is 18.2 Å². The van der Waals surface area contributed by atoms with Crippen molar-refractivity contribution in [1.82, 2.24) is 0 Å². The van der Waals surface area contributed by atoms with Crippen LogP contribution in [-0.2, 0) is 4.79 Å². The lowest BCUT2D eigenvalue weighted by Gasteiger charge is -2.25. The summed E-state index contributed by atoms with van der Waals surface area (Å²) < 4.78 is 5.77. The average Bonchev–Trinajstić information content (AvgIpc) is 2.23. The molecule has 4 heteroatoms. The highest BCUT2D eigenvalue weighted by atomic mass is 16.5. The zero-order chi connectivity index (χ0) is 13.9. The van der Waals surface area contributed by atoms with Crippen LogP contribution in [0.5, 0.6) is 5.75 Å². The molecule has 2 unspecified atom stereocenters. The fraction of sp³-hybridized carbons (Fsp3) is 0.500. The van der Waals surface area contributed by atoms with Gasteiger partial charge in [-0.3, -0.25) is 4.79 Å². The van der Waals surface area contributed by atoms with Gasteiger partial charge in [0, 0.05) is 6.42 Å². The van der Waals surface area contributed by atoms with Gasteiger partial charge in [-0.25, -0.2) is 0 Å². The lowest BCUT2D eigenvalue weighted by Crippen LogP contribution is -2.47. The second-order valence-electron chi connectivity index (χ2n) is 5.05. The summed E-state index contributed by atoms with van der Waals surface area (Å²) in [6, 6.07) is 5.81. The van der Waals surface area contributed by atoms with Gasteiger partial charge in [0.1, 0.15) is 11.3 Å². The van der Waals surface area contributed by atoms with Crippen LogP contribution in [0, 0.1) is 13.8 Å². The molecule has 3 N–H and O–H groups in total. The molecule has 0 amide bonds. The summed E-state index contributed by atoms with van der Waals surface area (Å²) in [4.78, 5) is 10.9. The Kier molecular flexibility index (Phi) is 4.35. The molecule has 0 saturated heterocycles. The Balaban J connectivity index is 2.74. The number of nitrogens with two attached hydrogens (primary N) is 1. The van der Waals surface area contributed by atoms with Crippen molar-refractivity contribution in [2.75, 3.05) is 0 Å². The second-order valence-corrected chi connectivity index (χ2v) is 5.05. The third-order valence-electron chi connectivity index (χ3n) is 3.08. The molecule has 1 aromatic rings. The first-order valence-electron chi connectivity index (χ1n) is 5.99. The molecule has 1 aromatic carbocycles. The summed E-state index contributed by atoms with van der Waals surface area (Å²) in [5.41, 5.74) is 6.65. The molecule has 0 bridgehead atoms. The van der Waals surface area contributed by atoms with Crippen LogP contribution in [0.3, 0.4) is 0 Å². The standard InChI is InChI=1S/C14H21NO3/c1-9-6-5-7-12(11(9)3)18-10(2)8-14(4,15)13(16)17/h5-7,10H,8,15H2,1-4H3,(H,16,17). The van der Waals surface area contributed by atoms with E-state index >= 15 is 0 Å². The highest BCUT2D eigenvalue weighted by Gasteiger charge is 2.30. The highest BCUT2D eigenvalue weighted by molar-refractivity contribution is 5.77. The zero-order valence-electron chi connectivity index (χ0n) is 11.4. The molecule has 100 valence electrons. The van der Waals surface area contributed by atoms with Crippen LogP contribution in [0.2, 0.25) is 0 Å². The van der Waals surface area contributed by atoms with Crippen molar-refractivity contribution in [2.24, 2.45) is 5.73 Å². The van der Waals surface area contributed by atoms with Crippen molar-refractivity contribution in [3.8, 4) is 5.75 Å². The molecule has 0 spiro atoms. The molecule has 0 saturated carbocycles. The quantitative estimate of drug-likeness (QED) is 0.842. The van der Waals surface area contributed by atoms with Gasteiger partial charge in [0.15, 0.2) is 0 Å². The zero-order valence-corrected chi connectivity index (χ0v) is 11.4. The number of hydrogen-bond donors (Lipinski definition) is 2. The average molecular weight is 251 g/mol. The molecule has 4 nitrogen and oxygen atoms in total. The van der Waals surface area contributed by atoms with Crippen molar-refractivity contribution in [1.29, 1.82) is 0 Å². The molecule has 1 rings (SSSR count). The monoisotopic (exact) mass is 251 g/mol. The molecule has 0 heterocycles. The van der Waals surface area contributed by atoms with Gasteiger partial charge in [0.25, 0.3) is 0 Å². The van der Waals surface area contributed by atoms with Crippen LogP contribution >= 0.6 is 0 Å². The maximum absolute atomic E-state index is 10.9. The van der Waals surface area contributed by atoms with E-state index in [9.17, 15) is 4.79 Å². The molecule has 0 aliphatic heterocycles. The third kappa shape index (κ3) is 3.47. The second kappa shape index (κ2) is 5.40. The van der Waals surface area contributed by atoms with E-state index in [0.717, 1.165) is 16.9 Å². The fourth-order valence-corrected chi connectivity index (χ4v) is 1.79. The van der Waals surface area contributed by atoms with Crippen LogP contribution in [0.1, 0.15) is 31.4 Å². The third-order valence-corrected chi connectivity index (χ3v) is 3.08. The number of aliphatic carboxylic acids is 1. The van der Waals surface area contributed by atoms with Gasteiger partial charge in [-0.1, -0.05) is 12.1 Å². The number of benzene rings is 1. The first-order valence-corrected chi connectivity index (χ1v) is 5.99. The van der Waals surface area contributed by atoms with Gasteiger partial charge >= 0.3 is 5.97 Å². The Morgan fingerprint density at radius 1 is 1.50 bits per heavy atom. The van der Waals surface area contributed by atoms with Crippen molar-refractivity contribution in [3.63, 3.8) is 0 Å². The molecule has 2 atom stereocenters. The molecule has 0 fully saturated rings. The van der Waals surface area contributed by atoms with Crippen molar-refractivity contribution in [2.45, 2.75) is 45.8 Å². The van der Waals surface area contributed by atoms with E-state index in [1.807, 2.05) is 39.0 Å². The minimum Gasteiger partial charge on any atom is -0.490 e. The molecular formula is C14H21NO3. The van der Waals surface area contributed by atoms with E-state index in [1.165, 1.54) is 6.92 Å². The van der Waals surface area contributed by atoms with Gasteiger partial charge in [-0.2, -0.15) is 0 Å². The Morgan fingerprint density at radius 2 is 2.11 bits per heavy atom. The van der Waals surface area contributed by atoms with E-state index < -0.39 is 11.5 Å². The van der Waals surface area contributed by atoms with Crippen LogP contribution < -0.4 is 10.5 Å². The van der Waals surface area contributed by atoms with Crippen molar-refractivity contribution >= 4 is 5.97 Å². The summed E-state index contributed by atoms with van der Waals surface area (Å²) in [5.74, 6) is -0.234. The number of ether oxygens (including phenoxy) is 1. The fourth-order valence-electron chi connectivity index (χ4n) is 1.79. The lowest BCUT2D eigenvalue weighted by molar-refractivity contribution is -0.143. The molecular weight excluding hydrogens is 230 g/mol. The number of rotatable bonds is 5. The van der Waals surface area contributed by atoms with E-state index in [4.69, 9.17) is 15.6 Å². The summed E-state index contributed by atoms with van der Waals surface area (Å²) in [7, 11) is 0.